The maximum absolute atomic E-state index is 6.44. The molecule has 106 valence electrons. The van der Waals surface area contributed by atoms with E-state index < -0.39 is 0 Å². The van der Waals surface area contributed by atoms with E-state index in [2.05, 4.69) is 59.4 Å². The Balaban J connectivity index is 2.23. The fraction of sp³-hybridized carbons (Fsp3) is 0.294. The van der Waals surface area contributed by atoms with Crippen LogP contribution in [-0.4, -0.2) is 6.54 Å². The van der Waals surface area contributed by atoms with Crippen LogP contribution in [0.25, 0.3) is 11.1 Å². The lowest BCUT2D eigenvalue weighted by Crippen LogP contribution is -2.19. The SMILES string of the molecule is CCCNC(C)c1ccc(-c2ccc(Br)cc2)cc1Cl. The van der Waals surface area contributed by atoms with Crippen molar-refractivity contribution < 1.29 is 0 Å². The highest BCUT2D eigenvalue weighted by atomic mass is 79.9. The van der Waals surface area contributed by atoms with Crippen LogP contribution in [0.5, 0.6) is 0 Å². The van der Waals surface area contributed by atoms with Crippen LogP contribution in [0.3, 0.4) is 0 Å². The first kappa shape index (κ1) is 15.6. The molecular formula is C17H19BrClN. The van der Waals surface area contributed by atoms with Crippen molar-refractivity contribution in [2.24, 2.45) is 0 Å². The van der Waals surface area contributed by atoms with Crippen LogP contribution in [0.15, 0.2) is 46.9 Å². The standard InChI is InChI=1S/C17H19BrClN/c1-3-10-20-12(2)16-9-6-14(11-17(16)19)13-4-7-15(18)8-5-13/h4-9,11-12,20H,3,10H2,1-2H3. The Bertz CT molecular complexity index is 566. The van der Waals surface area contributed by atoms with Crippen molar-refractivity contribution in [1.82, 2.24) is 5.32 Å². The molecule has 0 saturated heterocycles. The maximum atomic E-state index is 6.44. The van der Waals surface area contributed by atoms with Gasteiger partial charge in [0.2, 0.25) is 0 Å². The van der Waals surface area contributed by atoms with E-state index in [1.54, 1.807) is 0 Å². The molecule has 0 fully saturated rings. The van der Waals surface area contributed by atoms with Crippen molar-refractivity contribution >= 4 is 27.5 Å². The minimum atomic E-state index is 0.279. The van der Waals surface area contributed by atoms with Crippen molar-refractivity contribution in [3.63, 3.8) is 0 Å². The molecule has 1 unspecified atom stereocenters. The maximum Gasteiger partial charge on any atom is 0.0459 e. The Kier molecular flexibility index (Phi) is 5.64. The summed E-state index contributed by atoms with van der Waals surface area (Å²) in [4.78, 5) is 0. The Morgan fingerprint density at radius 2 is 1.75 bits per heavy atom. The van der Waals surface area contributed by atoms with Gasteiger partial charge in [0.15, 0.2) is 0 Å². The Labute approximate surface area is 134 Å². The van der Waals surface area contributed by atoms with Crippen LogP contribution >= 0.6 is 27.5 Å². The molecule has 0 amide bonds. The zero-order valence-electron chi connectivity index (χ0n) is 11.8. The summed E-state index contributed by atoms with van der Waals surface area (Å²) in [5.41, 5.74) is 3.48. The predicted octanol–water partition coefficient (Wildman–Crippen LogP) is 5.83. The minimum absolute atomic E-state index is 0.279. The van der Waals surface area contributed by atoms with Crippen molar-refractivity contribution in [2.45, 2.75) is 26.3 Å². The van der Waals surface area contributed by atoms with Gasteiger partial charge in [0.25, 0.3) is 0 Å². The number of hydrogen-bond donors (Lipinski definition) is 1. The van der Waals surface area contributed by atoms with Gasteiger partial charge < -0.3 is 5.32 Å². The molecule has 0 radical (unpaired) electrons. The second-order valence-electron chi connectivity index (χ2n) is 4.92. The normalized spacial score (nSPS) is 12.4. The van der Waals surface area contributed by atoms with Crippen molar-refractivity contribution in [1.29, 1.82) is 0 Å². The average Bonchev–Trinajstić information content (AvgIpc) is 2.45. The molecule has 0 aliphatic carbocycles. The second kappa shape index (κ2) is 7.26. The highest BCUT2D eigenvalue weighted by Crippen LogP contribution is 2.29. The number of halogens is 2. The lowest BCUT2D eigenvalue weighted by Gasteiger charge is -2.16. The molecule has 0 aliphatic heterocycles. The molecule has 0 aromatic heterocycles. The van der Waals surface area contributed by atoms with Gasteiger partial charge in [0.05, 0.1) is 0 Å². The van der Waals surface area contributed by atoms with E-state index in [4.69, 9.17) is 11.6 Å². The number of nitrogens with one attached hydrogen (secondary N) is 1. The highest BCUT2D eigenvalue weighted by molar-refractivity contribution is 9.10. The van der Waals surface area contributed by atoms with Crippen LogP contribution in [0.2, 0.25) is 5.02 Å². The van der Waals surface area contributed by atoms with Gasteiger partial charge in [-0.2, -0.15) is 0 Å². The van der Waals surface area contributed by atoms with Gasteiger partial charge in [-0.15, -0.1) is 0 Å². The Morgan fingerprint density at radius 1 is 1.10 bits per heavy atom. The summed E-state index contributed by atoms with van der Waals surface area (Å²) in [6.45, 7) is 5.32. The van der Waals surface area contributed by atoms with Gasteiger partial charge in [-0.3, -0.25) is 0 Å². The fourth-order valence-corrected chi connectivity index (χ4v) is 2.78. The van der Waals surface area contributed by atoms with Gasteiger partial charge in [-0.1, -0.05) is 58.7 Å². The van der Waals surface area contributed by atoms with E-state index in [0.29, 0.717) is 0 Å². The molecule has 3 heteroatoms. The summed E-state index contributed by atoms with van der Waals surface area (Å²) >= 11 is 9.89. The van der Waals surface area contributed by atoms with Crippen LogP contribution in [0.1, 0.15) is 31.9 Å². The summed E-state index contributed by atoms with van der Waals surface area (Å²) in [6.07, 6.45) is 1.12. The largest absolute Gasteiger partial charge is 0.310 e. The Morgan fingerprint density at radius 3 is 2.35 bits per heavy atom. The van der Waals surface area contributed by atoms with E-state index in [1.165, 1.54) is 5.56 Å². The molecule has 2 aromatic carbocycles. The van der Waals surface area contributed by atoms with Gasteiger partial charge >= 0.3 is 0 Å². The number of benzene rings is 2. The third-order valence-corrected chi connectivity index (χ3v) is 4.20. The molecule has 2 rings (SSSR count). The van der Waals surface area contributed by atoms with E-state index in [1.807, 2.05) is 18.2 Å². The zero-order chi connectivity index (χ0) is 14.5. The molecule has 1 atom stereocenters. The third-order valence-electron chi connectivity index (χ3n) is 3.35. The van der Waals surface area contributed by atoms with Crippen LogP contribution in [0.4, 0.5) is 0 Å². The van der Waals surface area contributed by atoms with Crippen molar-refractivity contribution in [3.8, 4) is 11.1 Å². The number of hydrogen-bond acceptors (Lipinski definition) is 1. The minimum Gasteiger partial charge on any atom is -0.310 e. The van der Waals surface area contributed by atoms with Gasteiger partial charge in [-0.25, -0.2) is 0 Å². The predicted molar refractivity (Wildman–Crippen MR) is 91.3 cm³/mol. The molecule has 0 saturated carbocycles. The molecule has 2 aromatic rings. The summed E-state index contributed by atoms with van der Waals surface area (Å²) in [6, 6.07) is 14.8. The van der Waals surface area contributed by atoms with Gasteiger partial charge in [-0.05, 0) is 54.8 Å². The van der Waals surface area contributed by atoms with E-state index in [-0.39, 0.29) is 6.04 Å². The van der Waals surface area contributed by atoms with Crippen molar-refractivity contribution in [3.05, 3.63) is 57.5 Å². The molecule has 0 aliphatic rings. The van der Waals surface area contributed by atoms with Gasteiger partial charge in [0.1, 0.15) is 0 Å². The molecule has 0 spiro atoms. The molecule has 0 bridgehead atoms. The molecule has 0 heterocycles. The summed E-state index contributed by atoms with van der Waals surface area (Å²) in [7, 11) is 0. The smallest absolute Gasteiger partial charge is 0.0459 e. The van der Waals surface area contributed by atoms with E-state index >= 15 is 0 Å². The quantitative estimate of drug-likeness (QED) is 0.714. The summed E-state index contributed by atoms with van der Waals surface area (Å²) < 4.78 is 1.08. The van der Waals surface area contributed by atoms with Crippen molar-refractivity contribution in [2.75, 3.05) is 6.54 Å². The first-order valence-electron chi connectivity index (χ1n) is 6.90. The van der Waals surface area contributed by atoms with E-state index in [0.717, 1.165) is 33.6 Å². The lowest BCUT2D eigenvalue weighted by molar-refractivity contribution is 0.571. The van der Waals surface area contributed by atoms with Crippen LogP contribution < -0.4 is 5.32 Å². The molecule has 1 nitrogen and oxygen atoms in total. The average molecular weight is 353 g/mol. The fourth-order valence-electron chi connectivity index (χ4n) is 2.17. The molecular weight excluding hydrogens is 334 g/mol. The third kappa shape index (κ3) is 3.85. The Hall–Kier alpha value is -0.830. The van der Waals surface area contributed by atoms with Crippen LogP contribution in [0, 0.1) is 0 Å². The molecule has 20 heavy (non-hydrogen) atoms. The lowest BCUT2D eigenvalue weighted by atomic mass is 10.0. The first-order chi connectivity index (χ1) is 9.61. The van der Waals surface area contributed by atoms with Crippen LogP contribution in [-0.2, 0) is 0 Å². The summed E-state index contributed by atoms with van der Waals surface area (Å²) in [5.74, 6) is 0. The van der Waals surface area contributed by atoms with E-state index in [9.17, 15) is 0 Å². The molecule has 1 N–H and O–H groups in total. The second-order valence-corrected chi connectivity index (χ2v) is 6.24. The summed E-state index contributed by atoms with van der Waals surface area (Å²) in [5, 5.41) is 4.29. The topological polar surface area (TPSA) is 12.0 Å². The first-order valence-corrected chi connectivity index (χ1v) is 8.07. The number of rotatable bonds is 5. The zero-order valence-corrected chi connectivity index (χ0v) is 14.1. The van der Waals surface area contributed by atoms with Gasteiger partial charge in [0, 0.05) is 15.5 Å². The monoisotopic (exact) mass is 351 g/mol. The highest BCUT2D eigenvalue weighted by Gasteiger charge is 2.10.